The highest BCUT2D eigenvalue weighted by Gasteiger charge is 2.68. The molecular formula is C44H28N5+. The predicted octanol–water partition coefficient (Wildman–Crippen LogP) is 9.18. The topological polar surface area (TPSA) is 20.2 Å². The quantitative estimate of drug-likeness (QED) is 0.169. The molecule has 0 saturated carbocycles. The highest BCUT2D eigenvalue weighted by molar-refractivity contribution is 6.15. The first kappa shape index (κ1) is 24.8. The summed E-state index contributed by atoms with van der Waals surface area (Å²) in [4.78, 5) is 5.21. The number of anilines is 3. The third-order valence-electron chi connectivity index (χ3n) is 12.0. The molecule has 0 bridgehead atoms. The van der Waals surface area contributed by atoms with Crippen LogP contribution in [0.5, 0.6) is 0 Å². The normalized spacial score (nSPS) is 18.9. The summed E-state index contributed by atoms with van der Waals surface area (Å²) in [6.45, 7) is 0. The van der Waals surface area contributed by atoms with Gasteiger partial charge in [0.25, 0.3) is 5.65 Å². The van der Waals surface area contributed by atoms with Crippen LogP contribution in [0.15, 0.2) is 146 Å². The Morgan fingerprint density at radius 1 is 0.510 bits per heavy atom. The van der Waals surface area contributed by atoms with Gasteiger partial charge in [-0.2, -0.15) is 4.57 Å². The summed E-state index contributed by atoms with van der Waals surface area (Å²) >= 11 is 0. The van der Waals surface area contributed by atoms with Crippen molar-refractivity contribution in [2.75, 3.05) is 16.8 Å². The van der Waals surface area contributed by atoms with E-state index >= 15 is 0 Å². The van der Waals surface area contributed by atoms with Crippen LogP contribution in [-0.4, -0.2) is 22.3 Å². The molecule has 0 aliphatic carbocycles. The van der Waals surface area contributed by atoms with Gasteiger partial charge >= 0.3 is 0 Å². The maximum absolute atomic E-state index is 2.65. The number of fused-ring (bicyclic) bond motifs is 12. The Hall–Kier alpha value is -6.33. The zero-order valence-electron chi connectivity index (χ0n) is 26.7. The molecule has 0 fully saturated rings. The van der Waals surface area contributed by atoms with Crippen molar-refractivity contribution in [3.05, 3.63) is 157 Å². The van der Waals surface area contributed by atoms with E-state index in [0.717, 1.165) is 0 Å². The molecule has 6 aromatic carbocycles. The monoisotopic (exact) mass is 626 g/mol. The third-order valence-corrected chi connectivity index (χ3v) is 12.0. The Kier molecular flexibility index (Phi) is 4.06. The van der Waals surface area contributed by atoms with Crippen molar-refractivity contribution in [1.82, 2.24) is 9.13 Å². The summed E-state index contributed by atoms with van der Waals surface area (Å²) in [6.07, 6.45) is 2.33. The predicted molar refractivity (Wildman–Crippen MR) is 198 cm³/mol. The second kappa shape index (κ2) is 8.03. The molecule has 9 aromatic rings. The van der Waals surface area contributed by atoms with Crippen molar-refractivity contribution < 1.29 is 4.57 Å². The van der Waals surface area contributed by atoms with Crippen molar-refractivity contribution in [2.45, 2.75) is 11.7 Å². The summed E-state index contributed by atoms with van der Waals surface area (Å²) in [5.74, 6) is 0. The number of hydrogen-bond acceptors (Lipinski definition) is 2. The standard InChI is InChI=1S/C44H28N5/c1-45-38-25-27(26-11-3-2-4-12-26)20-22-34(38)49-36-19-9-18-35-39(36)44(43(45)49)40-37(23-21-30-28-13-5-7-16-32(28)47(35)41(30)40)48-33-17-8-6-14-29(33)31-15-10-24-46(44)42(31)48/h2-25,43H,1H3/q+1. The molecule has 228 valence electrons. The van der Waals surface area contributed by atoms with E-state index in [1.54, 1.807) is 0 Å². The van der Waals surface area contributed by atoms with Crippen LogP contribution in [0.2, 0.25) is 0 Å². The molecule has 0 amide bonds. The molecule has 7 heterocycles. The fourth-order valence-corrected chi connectivity index (χ4v) is 10.4. The van der Waals surface area contributed by atoms with Crippen LogP contribution >= 0.6 is 0 Å². The summed E-state index contributed by atoms with van der Waals surface area (Å²) in [7, 11) is 2.31. The molecular weight excluding hydrogens is 599 g/mol. The molecule has 5 nitrogen and oxygen atoms in total. The van der Waals surface area contributed by atoms with E-state index in [-0.39, 0.29) is 6.17 Å². The minimum atomic E-state index is -0.532. The maximum atomic E-state index is 2.65. The fourth-order valence-electron chi connectivity index (χ4n) is 10.4. The number of likely N-dealkylation sites (N-methyl/N-ethyl adjacent to an activating group) is 1. The smallest absolute Gasteiger partial charge is 0.296 e. The van der Waals surface area contributed by atoms with Gasteiger partial charge in [0.1, 0.15) is 11.2 Å². The number of nitrogens with zero attached hydrogens (tertiary/aromatic N) is 5. The minimum Gasteiger partial charge on any atom is -0.348 e. The molecule has 0 radical (unpaired) electrons. The maximum Gasteiger partial charge on any atom is 0.296 e. The number of pyridine rings is 1. The van der Waals surface area contributed by atoms with Gasteiger partial charge in [-0.1, -0.05) is 72.8 Å². The van der Waals surface area contributed by atoms with Crippen LogP contribution in [0.1, 0.15) is 11.1 Å². The fraction of sp³-hybridized carbons (Fsp3) is 0.0682. The lowest BCUT2D eigenvalue weighted by molar-refractivity contribution is -0.724. The Bertz CT molecular complexity index is 2990. The van der Waals surface area contributed by atoms with E-state index in [0.29, 0.717) is 0 Å². The van der Waals surface area contributed by atoms with Gasteiger partial charge in [-0.15, -0.1) is 0 Å². The van der Waals surface area contributed by atoms with Crippen LogP contribution in [0.25, 0.3) is 66.2 Å². The van der Waals surface area contributed by atoms with E-state index in [9.17, 15) is 0 Å². The molecule has 1 spiro atoms. The number of para-hydroxylation sites is 2. The van der Waals surface area contributed by atoms with Crippen molar-refractivity contribution in [1.29, 1.82) is 0 Å². The van der Waals surface area contributed by atoms with E-state index in [1.165, 1.54) is 94.4 Å². The molecule has 49 heavy (non-hydrogen) atoms. The zero-order valence-corrected chi connectivity index (χ0v) is 26.7. The van der Waals surface area contributed by atoms with Crippen molar-refractivity contribution in [3.8, 4) is 22.5 Å². The minimum absolute atomic E-state index is 0.0249. The van der Waals surface area contributed by atoms with Crippen LogP contribution in [0.4, 0.5) is 17.1 Å². The molecule has 0 N–H and O–H groups in total. The van der Waals surface area contributed by atoms with Crippen molar-refractivity contribution in [2.24, 2.45) is 0 Å². The van der Waals surface area contributed by atoms with Gasteiger partial charge in [0.15, 0.2) is 6.17 Å². The van der Waals surface area contributed by atoms with Crippen molar-refractivity contribution >= 4 is 60.8 Å². The van der Waals surface area contributed by atoms with E-state index in [2.05, 4.69) is 176 Å². The first-order valence-electron chi connectivity index (χ1n) is 17.1. The first-order chi connectivity index (χ1) is 24.3. The summed E-state index contributed by atoms with van der Waals surface area (Å²) in [6, 6.07) is 52.0. The summed E-state index contributed by atoms with van der Waals surface area (Å²) in [5, 5.41) is 5.17. The second-order valence-electron chi connectivity index (χ2n) is 14.0. The van der Waals surface area contributed by atoms with Crippen LogP contribution in [0.3, 0.4) is 0 Å². The van der Waals surface area contributed by atoms with Gasteiger partial charge in [-0.25, -0.2) is 4.57 Å². The average molecular weight is 627 g/mol. The SMILES string of the molecule is CN1c2cc(-c3ccccc3)ccc2N2c3cccc4c3C3(c5c(ccc6c7ccccc7n-4c56)-n4c5ccccc5c5ccc[n+]3c54)C12. The highest BCUT2D eigenvalue weighted by atomic mass is 15.5. The second-order valence-corrected chi connectivity index (χ2v) is 14.0. The molecule has 0 saturated heterocycles. The molecule has 3 aromatic heterocycles. The first-order valence-corrected chi connectivity index (χ1v) is 17.1. The van der Waals surface area contributed by atoms with Gasteiger partial charge in [-0.3, -0.25) is 0 Å². The molecule has 4 aliphatic rings. The Morgan fingerprint density at radius 3 is 2.06 bits per heavy atom. The Morgan fingerprint density at radius 2 is 1.20 bits per heavy atom. The number of hydrogen-bond donors (Lipinski definition) is 0. The van der Waals surface area contributed by atoms with Gasteiger partial charge in [0.2, 0.25) is 5.54 Å². The molecule has 5 heteroatoms. The van der Waals surface area contributed by atoms with Crippen LogP contribution < -0.4 is 14.4 Å². The largest absolute Gasteiger partial charge is 0.348 e. The van der Waals surface area contributed by atoms with Crippen molar-refractivity contribution in [3.63, 3.8) is 0 Å². The number of rotatable bonds is 1. The summed E-state index contributed by atoms with van der Waals surface area (Å²) < 4.78 is 7.76. The molecule has 2 unspecified atom stereocenters. The molecule has 2 atom stereocenters. The van der Waals surface area contributed by atoms with E-state index < -0.39 is 5.54 Å². The number of benzene rings is 6. The van der Waals surface area contributed by atoms with Gasteiger partial charge in [0, 0.05) is 23.2 Å². The summed E-state index contributed by atoms with van der Waals surface area (Å²) in [5.41, 5.74) is 16.1. The lowest BCUT2D eigenvalue weighted by Gasteiger charge is -2.43. The van der Waals surface area contributed by atoms with E-state index in [1.807, 2.05) is 0 Å². The zero-order chi connectivity index (χ0) is 31.7. The average Bonchev–Trinajstić information content (AvgIpc) is 3.87. The van der Waals surface area contributed by atoms with Gasteiger partial charge in [0.05, 0.1) is 56.5 Å². The lowest BCUT2D eigenvalue weighted by Crippen LogP contribution is -2.70. The molecule has 13 rings (SSSR count). The Labute approximate surface area is 281 Å². The van der Waals surface area contributed by atoms with Gasteiger partial charge in [-0.05, 0) is 77.9 Å². The highest BCUT2D eigenvalue weighted by Crippen LogP contribution is 2.64. The van der Waals surface area contributed by atoms with Crippen LogP contribution in [0, 0.1) is 0 Å². The lowest BCUT2D eigenvalue weighted by atomic mass is 9.75. The Balaban J connectivity index is 1.25. The van der Waals surface area contributed by atoms with E-state index in [4.69, 9.17) is 0 Å². The molecule has 4 aliphatic heterocycles. The number of aromatic nitrogens is 3. The third kappa shape index (κ3) is 2.51. The van der Waals surface area contributed by atoms with Crippen LogP contribution in [-0.2, 0) is 5.54 Å². The van der Waals surface area contributed by atoms with Gasteiger partial charge < -0.3 is 14.4 Å².